The highest BCUT2D eigenvalue weighted by Crippen LogP contribution is 2.26. The molecule has 3 atom stereocenters. The number of amides is 1. The number of fused-ring (bicyclic) bond motifs is 1. The Morgan fingerprint density at radius 3 is 2.95 bits per heavy atom. The molecule has 0 saturated heterocycles. The van der Waals surface area contributed by atoms with E-state index in [1.54, 1.807) is 0 Å². The molecule has 2 aliphatic rings. The lowest BCUT2D eigenvalue weighted by Crippen LogP contribution is -2.42. The highest BCUT2D eigenvalue weighted by atomic mass is 35.5. The van der Waals surface area contributed by atoms with Gasteiger partial charge in [-0.05, 0) is 32.1 Å². The lowest BCUT2D eigenvalue weighted by molar-refractivity contribution is -0.123. The van der Waals surface area contributed by atoms with Crippen molar-refractivity contribution in [2.45, 2.75) is 64.1 Å². The zero-order chi connectivity index (χ0) is 14.1. The van der Waals surface area contributed by atoms with Gasteiger partial charge in [-0.15, -0.1) is 12.4 Å². The van der Waals surface area contributed by atoms with Crippen LogP contribution in [0.25, 0.3) is 0 Å². The Kier molecular flexibility index (Phi) is 5.22. The first-order valence-electron chi connectivity index (χ1n) is 7.57. The molecule has 1 aliphatic heterocycles. The minimum atomic E-state index is 0. The maximum atomic E-state index is 12.1. The van der Waals surface area contributed by atoms with Crippen molar-refractivity contribution in [1.29, 1.82) is 0 Å². The van der Waals surface area contributed by atoms with Gasteiger partial charge in [-0.25, -0.2) is 9.67 Å². The van der Waals surface area contributed by atoms with Crippen LogP contribution >= 0.6 is 12.4 Å². The Hall–Kier alpha value is -1.14. The average molecular weight is 314 g/mol. The van der Waals surface area contributed by atoms with Crippen LogP contribution in [0.2, 0.25) is 0 Å². The summed E-state index contributed by atoms with van der Waals surface area (Å²) < 4.78 is 1.92. The van der Waals surface area contributed by atoms with E-state index in [-0.39, 0.29) is 30.4 Å². The van der Waals surface area contributed by atoms with Crippen molar-refractivity contribution in [1.82, 2.24) is 20.1 Å². The van der Waals surface area contributed by atoms with Crippen molar-refractivity contribution >= 4 is 18.3 Å². The van der Waals surface area contributed by atoms with Crippen LogP contribution in [0.3, 0.4) is 0 Å². The van der Waals surface area contributed by atoms with Gasteiger partial charge in [-0.2, -0.15) is 5.10 Å². The van der Waals surface area contributed by atoms with Crippen LogP contribution in [0.1, 0.15) is 43.8 Å². The second kappa shape index (κ2) is 6.75. The first kappa shape index (κ1) is 16.2. The van der Waals surface area contributed by atoms with Crippen molar-refractivity contribution < 1.29 is 4.79 Å². The summed E-state index contributed by atoms with van der Waals surface area (Å²) in [6, 6.07) is 0.380. The van der Waals surface area contributed by atoms with Gasteiger partial charge in [0.1, 0.15) is 11.6 Å². The van der Waals surface area contributed by atoms with Gasteiger partial charge >= 0.3 is 0 Å². The number of hydrogen-bond acceptors (Lipinski definition) is 4. The summed E-state index contributed by atoms with van der Waals surface area (Å²) in [5.74, 6) is 2.34. The summed E-state index contributed by atoms with van der Waals surface area (Å²) in [7, 11) is 0. The number of hydrogen-bond donors (Lipinski definition) is 2. The number of halogens is 1. The fourth-order valence-corrected chi connectivity index (χ4v) is 3.40. The number of nitrogens with zero attached hydrogens (tertiary/aromatic N) is 3. The molecule has 1 aliphatic carbocycles. The zero-order valence-electron chi connectivity index (χ0n) is 12.4. The first-order chi connectivity index (χ1) is 9.61. The predicted molar refractivity (Wildman–Crippen MR) is 82.2 cm³/mol. The number of aryl methyl sites for hydroxylation is 2. The molecule has 2 heterocycles. The van der Waals surface area contributed by atoms with E-state index in [0.29, 0.717) is 12.3 Å². The SMILES string of the molecule is Cc1nc2n(n1)CC(NC(=O)C[C@@H]1CCC[C@H]1N)CC2.Cl. The van der Waals surface area contributed by atoms with Crippen LogP contribution in [0.4, 0.5) is 0 Å². The van der Waals surface area contributed by atoms with Crippen molar-refractivity contribution in [2.24, 2.45) is 11.7 Å². The van der Waals surface area contributed by atoms with Crippen LogP contribution in [0.5, 0.6) is 0 Å². The van der Waals surface area contributed by atoms with E-state index in [9.17, 15) is 4.79 Å². The summed E-state index contributed by atoms with van der Waals surface area (Å²) >= 11 is 0. The Morgan fingerprint density at radius 2 is 2.24 bits per heavy atom. The molecule has 1 aromatic heterocycles. The van der Waals surface area contributed by atoms with Crippen LogP contribution in [-0.2, 0) is 17.8 Å². The number of nitrogens with one attached hydrogen (secondary N) is 1. The number of rotatable bonds is 3. The second-order valence-corrected chi connectivity index (χ2v) is 6.12. The fraction of sp³-hybridized carbons (Fsp3) is 0.786. The number of carbonyl (C=O) groups is 1. The minimum Gasteiger partial charge on any atom is -0.351 e. The second-order valence-electron chi connectivity index (χ2n) is 6.12. The molecule has 1 aromatic rings. The van der Waals surface area contributed by atoms with Gasteiger partial charge in [0.2, 0.25) is 5.91 Å². The monoisotopic (exact) mass is 313 g/mol. The largest absolute Gasteiger partial charge is 0.351 e. The maximum absolute atomic E-state index is 12.1. The topological polar surface area (TPSA) is 85.8 Å². The van der Waals surface area contributed by atoms with Crippen molar-refractivity contribution in [3.8, 4) is 0 Å². The summed E-state index contributed by atoms with van der Waals surface area (Å²) in [4.78, 5) is 16.5. The lowest BCUT2D eigenvalue weighted by Gasteiger charge is -2.24. The van der Waals surface area contributed by atoms with E-state index in [1.807, 2.05) is 11.6 Å². The molecule has 1 unspecified atom stereocenters. The molecule has 3 N–H and O–H groups in total. The highest BCUT2D eigenvalue weighted by molar-refractivity contribution is 5.85. The van der Waals surface area contributed by atoms with Crippen molar-refractivity contribution in [2.75, 3.05) is 0 Å². The summed E-state index contributed by atoms with van der Waals surface area (Å²) in [6.07, 6.45) is 5.70. The third kappa shape index (κ3) is 3.74. The molecular weight excluding hydrogens is 290 g/mol. The molecule has 6 nitrogen and oxygen atoms in total. The summed E-state index contributed by atoms with van der Waals surface area (Å²) in [5, 5.41) is 7.49. The molecule has 3 rings (SSSR count). The summed E-state index contributed by atoms with van der Waals surface area (Å²) in [6.45, 7) is 2.64. The lowest BCUT2D eigenvalue weighted by atomic mass is 9.99. The van der Waals surface area contributed by atoms with Crippen LogP contribution < -0.4 is 11.1 Å². The fourth-order valence-electron chi connectivity index (χ4n) is 3.40. The van der Waals surface area contributed by atoms with Crippen LogP contribution in [0.15, 0.2) is 0 Å². The molecule has 0 radical (unpaired) electrons. The maximum Gasteiger partial charge on any atom is 0.220 e. The number of aromatic nitrogens is 3. The minimum absolute atomic E-state index is 0. The van der Waals surface area contributed by atoms with Gasteiger partial charge in [-0.1, -0.05) is 6.42 Å². The summed E-state index contributed by atoms with van der Waals surface area (Å²) in [5.41, 5.74) is 6.02. The normalized spacial score (nSPS) is 27.8. The van der Waals surface area contributed by atoms with E-state index in [0.717, 1.165) is 50.3 Å². The van der Waals surface area contributed by atoms with Crippen LogP contribution in [0, 0.1) is 12.8 Å². The smallest absolute Gasteiger partial charge is 0.220 e. The van der Waals surface area contributed by atoms with Crippen molar-refractivity contribution in [3.63, 3.8) is 0 Å². The van der Waals surface area contributed by atoms with E-state index < -0.39 is 0 Å². The molecule has 1 amide bonds. The highest BCUT2D eigenvalue weighted by Gasteiger charge is 2.28. The number of nitrogens with two attached hydrogens (primary N) is 1. The quantitative estimate of drug-likeness (QED) is 0.870. The molecule has 0 bridgehead atoms. The Bertz CT molecular complexity index is 504. The Morgan fingerprint density at radius 1 is 1.43 bits per heavy atom. The molecule has 1 fully saturated rings. The first-order valence-corrected chi connectivity index (χ1v) is 7.57. The van der Waals surface area contributed by atoms with E-state index in [2.05, 4.69) is 15.4 Å². The molecule has 7 heteroatoms. The van der Waals surface area contributed by atoms with Gasteiger partial charge in [0.15, 0.2) is 0 Å². The van der Waals surface area contributed by atoms with Crippen LogP contribution in [-0.4, -0.2) is 32.8 Å². The Balaban J connectivity index is 0.00000161. The van der Waals surface area contributed by atoms with Gasteiger partial charge in [0.25, 0.3) is 0 Å². The standard InChI is InChI=1S/C14H23N5O.ClH/c1-9-16-13-6-5-11(8-19(13)18-9)17-14(20)7-10-3-2-4-12(10)15;/h10-12H,2-8,15H2,1H3,(H,17,20);1H/t10-,11?,12+;/m0./s1. The zero-order valence-corrected chi connectivity index (χ0v) is 13.2. The average Bonchev–Trinajstić information content (AvgIpc) is 2.94. The molecule has 1 saturated carbocycles. The molecule has 21 heavy (non-hydrogen) atoms. The van der Waals surface area contributed by atoms with Gasteiger partial charge in [0.05, 0.1) is 6.54 Å². The third-order valence-corrected chi connectivity index (χ3v) is 4.49. The van der Waals surface area contributed by atoms with E-state index in [1.165, 1.54) is 0 Å². The molecular formula is C14H24ClN5O. The Labute approximate surface area is 131 Å². The van der Waals surface area contributed by atoms with Gasteiger partial charge < -0.3 is 11.1 Å². The molecule has 118 valence electrons. The third-order valence-electron chi connectivity index (χ3n) is 4.49. The van der Waals surface area contributed by atoms with Gasteiger partial charge in [0, 0.05) is 24.9 Å². The van der Waals surface area contributed by atoms with E-state index >= 15 is 0 Å². The molecule has 0 spiro atoms. The van der Waals surface area contributed by atoms with E-state index in [4.69, 9.17) is 5.73 Å². The molecule has 0 aromatic carbocycles. The number of carbonyl (C=O) groups excluding carboxylic acids is 1. The van der Waals surface area contributed by atoms with Crippen molar-refractivity contribution in [3.05, 3.63) is 11.6 Å². The predicted octanol–water partition coefficient (Wildman–Crippen LogP) is 0.957. The van der Waals surface area contributed by atoms with Gasteiger partial charge in [-0.3, -0.25) is 4.79 Å².